The van der Waals surface area contributed by atoms with Crippen molar-refractivity contribution in [3.63, 3.8) is 0 Å². The molecule has 0 radical (unpaired) electrons. The number of ether oxygens (including phenoxy) is 2. The van der Waals surface area contributed by atoms with Crippen molar-refractivity contribution in [1.29, 1.82) is 0 Å². The lowest BCUT2D eigenvalue weighted by molar-refractivity contribution is -0.142. The molecule has 2 aliphatic heterocycles. The van der Waals surface area contributed by atoms with Crippen LogP contribution in [0.1, 0.15) is 42.9 Å². The van der Waals surface area contributed by atoms with Gasteiger partial charge in [0.15, 0.2) is 0 Å². The molecular weight excluding hydrogens is 511 g/mol. The Balaban J connectivity index is 1.30. The van der Waals surface area contributed by atoms with Crippen LogP contribution in [0.2, 0.25) is 0 Å². The van der Waals surface area contributed by atoms with Gasteiger partial charge >= 0.3 is 0 Å². The van der Waals surface area contributed by atoms with E-state index >= 15 is 0 Å². The minimum atomic E-state index is -3.93. The molecule has 0 bridgehead atoms. The summed E-state index contributed by atoms with van der Waals surface area (Å²) in [6.45, 7) is 1.63. The van der Waals surface area contributed by atoms with Crippen LogP contribution >= 0.6 is 0 Å². The highest BCUT2D eigenvalue weighted by Crippen LogP contribution is 2.47. The summed E-state index contributed by atoms with van der Waals surface area (Å²) in [6.07, 6.45) is -0.963. The zero-order valence-corrected chi connectivity index (χ0v) is 21.5. The highest BCUT2D eigenvalue weighted by Gasteiger charge is 2.46. The predicted octanol–water partition coefficient (Wildman–Crippen LogP) is 3.89. The van der Waals surface area contributed by atoms with E-state index < -0.39 is 34.2 Å². The standard InChI is InChI=1S/C28H29FN2O6S/c1-17(18-5-3-2-4-6-18)30-27(33)15-21-14-24-23-13-20(9-12-25(23)37-28(24)26(16-32)36-21)31-38(34,35)22-10-7-19(29)8-11-22/h2-13,17,21,24,26,28,31-32H,14-16H2,1H3,(H,30,33)/t17-,21+,24-,26+,28+/m1/s1. The molecule has 200 valence electrons. The van der Waals surface area contributed by atoms with Crippen LogP contribution in [0.3, 0.4) is 0 Å². The van der Waals surface area contributed by atoms with Crippen molar-refractivity contribution in [2.45, 2.75) is 54.9 Å². The topological polar surface area (TPSA) is 114 Å². The monoisotopic (exact) mass is 540 g/mol. The van der Waals surface area contributed by atoms with Crippen LogP contribution in [0, 0.1) is 5.82 Å². The third kappa shape index (κ3) is 5.52. The number of sulfonamides is 1. The van der Waals surface area contributed by atoms with Gasteiger partial charge in [0.1, 0.15) is 23.8 Å². The number of aliphatic hydroxyl groups excluding tert-OH is 1. The Morgan fingerprint density at radius 1 is 1.11 bits per heavy atom. The van der Waals surface area contributed by atoms with Gasteiger partial charge in [-0.05, 0) is 61.4 Å². The Bertz CT molecular complexity index is 1400. The first kappa shape index (κ1) is 26.1. The Kier molecular flexibility index (Phi) is 7.38. The van der Waals surface area contributed by atoms with Crippen molar-refractivity contribution >= 4 is 21.6 Å². The molecule has 0 saturated carbocycles. The molecule has 3 aromatic rings. The van der Waals surface area contributed by atoms with Crippen LogP contribution in [-0.2, 0) is 19.6 Å². The number of fused-ring (bicyclic) bond motifs is 3. The van der Waals surface area contributed by atoms with Gasteiger partial charge in [0.2, 0.25) is 5.91 Å². The van der Waals surface area contributed by atoms with Gasteiger partial charge in [-0.25, -0.2) is 12.8 Å². The number of benzene rings is 3. The highest BCUT2D eigenvalue weighted by molar-refractivity contribution is 7.92. The van der Waals surface area contributed by atoms with Crippen molar-refractivity contribution in [2.24, 2.45) is 0 Å². The average Bonchev–Trinajstić information content (AvgIpc) is 3.26. The predicted molar refractivity (Wildman–Crippen MR) is 139 cm³/mol. The summed E-state index contributed by atoms with van der Waals surface area (Å²) in [5, 5.41) is 13.0. The quantitative estimate of drug-likeness (QED) is 0.400. The first-order valence-electron chi connectivity index (χ1n) is 12.4. The van der Waals surface area contributed by atoms with E-state index in [-0.39, 0.29) is 35.8 Å². The van der Waals surface area contributed by atoms with E-state index in [2.05, 4.69) is 10.0 Å². The van der Waals surface area contributed by atoms with Crippen molar-refractivity contribution in [3.05, 3.63) is 89.7 Å². The molecule has 1 saturated heterocycles. The van der Waals surface area contributed by atoms with E-state index in [4.69, 9.17) is 9.47 Å². The summed E-state index contributed by atoms with van der Waals surface area (Å²) in [6, 6.07) is 19.0. The number of hydrogen-bond acceptors (Lipinski definition) is 6. The van der Waals surface area contributed by atoms with E-state index in [1.165, 1.54) is 12.1 Å². The first-order valence-corrected chi connectivity index (χ1v) is 13.9. The molecule has 2 aliphatic rings. The third-order valence-corrected chi connectivity index (χ3v) is 8.36. The zero-order chi connectivity index (χ0) is 26.9. The highest BCUT2D eigenvalue weighted by atomic mass is 32.2. The van der Waals surface area contributed by atoms with Gasteiger partial charge in [-0.15, -0.1) is 0 Å². The largest absolute Gasteiger partial charge is 0.487 e. The second-order valence-electron chi connectivity index (χ2n) is 9.62. The number of nitrogens with one attached hydrogen (secondary N) is 2. The Labute approximate surface area is 220 Å². The zero-order valence-electron chi connectivity index (χ0n) is 20.7. The van der Waals surface area contributed by atoms with Gasteiger partial charge in [-0.2, -0.15) is 0 Å². The average molecular weight is 541 g/mol. The molecule has 5 atom stereocenters. The molecule has 3 aromatic carbocycles. The lowest BCUT2D eigenvalue weighted by atomic mass is 9.84. The number of carbonyl (C=O) groups is 1. The lowest BCUT2D eigenvalue weighted by Gasteiger charge is -2.37. The van der Waals surface area contributed by atoms with Crippen molar-refractivity contribution < 1.29 is 32.2 Å². The van der Waals surface area contributed by atoms with Gasteiger partial charge in [0.05, 0.1) is 30.1 Å². The van der Waals surface area contributed by atoms with Crippen LogP contribution < -0.4 is 14.8 Å². The molecule has 1 amide bonds. The number of amides is 1. The maximum atomic E-state index is 13.2. The minimum absolute atomic E-state index is 0.0595. The Morgan fingerprint density at radius 3 is 2.55 bits per heavy atom. The van der Waals surface area contributed by atoms with E-state index in [0.717, 1.165) is 23.3 Å². The fourth-order valence-corrected chi connectivity index (χ4v) is 6.16. The third-order valence-electron chi connectivity index (χ3n) is 6.97. The fraction of sp³-hybridized carbons (Fsp3) is 0.321. The molecule has 8 nitrogen and oxygen atoms in total. The van der Waals surface area contributed by atoms with Gasteiger partial charge in [-0.3, -0.25) is 9.52 Å². The number of aliphatic hydroxyl groups is 1. The summed E-state index contributed by atoms with van der Waals surface area (Å²) < 4.78 is 53.5. The summed E-state index contributed by atoms with van der Waals surface area (Å²) in [4.78, 5) is 12.7. The molecule has 0 spiro atoms. The van der Waals surface area contributed by atoms with E-state index in [0.29, 0.717) is 17.9 Å². The number of anilines is 1. The van der Waals surface area contributed by atoms with E-state index in [1.54, 1.807) is 18.2 Å². The van der Waals surface area contributed by atoms with Crippen molar-refractivity contribution in [1.82, 2.24) is 5.32 Å². The van der Waals surface area contributed by atoms with Crippen LogP contribution in [0.5, 0.6) is 5.75 Å². The lowest BCUT2D eigenvalue weighted by Crippen LogP contribution is -2.47. The second kappa shape index (κ2) is 10.7. The molecule has 10 heteroatoms. The first-order chi connectivity index (χ1) is 18.2. The molecule has 3 N–H and O–H groups in total. The minimum Gasteiger partial charge on any atom is -0.487 e. The summed E-state index contributed by atoms with van der Waals surface area (Å²) in [5.74, 6) is -0.313. The molecule has 0 aromatic heterocycles. The number of halogens is 1. The summed E-state index contributed by atoms with van der Waals surface area (Å²) in [7, 11) is -3.93. The van der Waals surface area contributed by atoms with Gasteiger partial charge in [0.25, 0.3) is 10.0 Å². The van der Waals surface area contributed by atoms with Crippen LogP contribution in [-0.4, -0.2) is 44.4 Å². The number of carbonyl (C=O) groups excluding carboxylic acids is 1. The summed E-state index contributed by atoms with van der Waals surface area (Å²) in [5.41, 5.74) is 2.10. The van der Waals surface area contributed by atoms with Gasteiger partial charge in [0, 0.05) is 17.2 Å². The normalized spacial score (nSPS) is 23.0. The molecule has 5 rings (SSSR count). The van der Waals surface area contributed by atoms with Crippen molar-refractivity contribution in [3.8, 4) is 5.75 Å². The second-order valence-corrected chi connectivity index (χ2v) is 11.3. The Hall–Kier alpha value is -3.47. The van der Waals surface area contributed by atoms with Crippen LogP contribution in [0.25, 0.3) is 0 Å². The molecular formula is C28H29FN2O6S. The number of hydrogen-bond donors (Lipinski definition) is 3. The van der Waals surface area contributed by atoms with Gasteiger partial charge in [-0.1, -0.05) is 30.3 Å². The van der Waals surface area contributed by atoms with E-state index in [9.17, 15) is 22.7 Å². The molecule has 2 heterocycles. The van der Waals surface area contributed by atoms with Crippen LogP contribution in [0.4, 0.5) is 10.1 Å². The molecule has 38 heavy (non-hydrogen) atoms. The maximum absolute atomic E-state index is 13.2. The molecule has 0 aliphatic carbocycles. The molecule has 0 unspecified atom stereocenters. The molecule has 1 fully saturated rings. The SMILES string of the molecule is C[C@@H](NC(=O)C[C@@H]1C[C@@H]2c3cc(NS(=O)(=O)c4ccc(F)cc4)ccc3O[C@@H]2[C@H](CO)O1)c1ccccc1. The fourth-order valence-electron chi connectivity index (χ4n) is 5.11. The Morgan fingerprint density at radius 2 is 1.84 bits per heavy atom. The van der Waals surface area contributed by atoms with Crippen molar-refractivity contribution in [2.75, 3.05) is 11.3 Å². The summed E-state index contributed by atoms with van der Waals surface area (Å²) >= 11 is 0. The maximum Gasteiger partial charge on any atom is 0.261 e. The number of rotatable bonds is 8. The van der Waals surface area contributed by atoms with Crippen LogP contribution in [0.15, 0.2) is 77.7 Å². The van der Waals surface area contributed by atoms with Gasteiger partial charge < -0.3 is 19.9 Å². The van der Waals surface area contributed by atoms with E-state index in [1.807, 2.05) is 37.3 Å². The smallest absolute Gasteiger partial charge is 0.261 e.